The van der Waals surface area contributed by atoms with Crippen LogP contribution < -0.4 is 14.4 Å². The maximum absolute atomic E-state index is 12.2. The summed E-state index contributed by atoms with van der Waals surface area (Å²) < 4.78 is 17.4. The second-order valence-electron chi connectivity index (χ2n) is 10.7. The van der Waals surface area contributed by atoms with Gasteiger partial charge in [0.2, 0.25) is 11.8 Å². The van der Waals surface area contributed by atoms with Crippen LogP contribution in [0.3, 0.4) is 0 Å². The number of unbranched alkanes of at least 4 members (excludes halogenated alkanes) is 2. The Balaban J connectivity index is 1.62. The second kappa shape index (κ2) is 13.5. The molecule has 1 saturated heterocycles. The van der Waals surface area contributed by atoms with Crippen molar-refractivity contribution in [2.45, 2.75) is 85.2 Å². The Morgan fingerprint density at radius 2 is 1.58 bits per heavy atom. The fourth-order valence-electron chi connectivity index (χ4n) is 4.33. The van der Waals surface area contributed by atoms with Gasteiger partial charge in [-0.25, -0.2) is 0 Å². The number of rotatable bonds is 12. The molecule has 0 aliphatic carbocycles. The van der Waals surface area contributed by atoms with E-state index >= 15 is 0 Å². The molecule has 1 aliphatic heterocycles. The molecule has 1 fully saturated rings. The number of anilines is 1. The predicted molar refractivity (Wildman–Crippen MR) is 146 cm³/mol. The van der Waals surface area contributed by atoms with Crippen LogP contribution in [0.2, 0.25) is 0 Å². The fourth-order valence-corrected chi connectivity index (χ4v) is 4.33. The normalized spacial score (nSPS) is 14.5. The third-order valence-electron chi connectivity index (χ3n) is 6.35. The summed E-state index contributed by atoms with van der Waals surface area (Å²) in [5.74, 6) is 1.55. The molecular weight excluding hydrogens is 452 g/mol. The summed E-state index contributed by atoms with van der Waals surface area (Å²) in [5.41, 5.74) is 2.85. The van der Waals surface area contributed by atoms with Crippen LogP contribution in [-0.4, -0.2) is 42.9 Å². The number of nitrogens with zero attached hydrogens (tertiary/aromatic N) is 2. The van der Waals surface area contributed by atoms with E-state index in [9.17, 15) is 4.79 Å². The first-order valence-corrected chi connectivity index (χ1v) is 13.6. The van der Waals surface area contributed by atoms with Crippen molar-refractivity contribution in [3.05, 3.63) is 36.4 Å². The Kier molecular flexibility index (Phi) is 10.4. The van der Waals surface area contributed by atoms with E-state index < -0.39 is 5.60 Å². The SMILES string of the molecule is CCCCOc1ccc(-c2ccc(N3CCC(CC(=O)OC(C)(C)C)CC3)cc2)c(OCCCC)n1. The molecule has 0 bridgehead atoms. The lowest BCUT2D eigenvalue weighted by molar-refractivity contribution is -0.156. The van der Waals surface area contributed by atoms with Gasteiger partial charge < -0.3 is 19.1 Å². The lowest BCUT2D eigenvalue weighted by Gasteiger charge is -2.33. The summed E-state index contributed by atoms with van der Waals surface area (Å²) in [4.78, 5) is 19.3. The first kappa shape index (κ1) is 27.8. The van der Waals surface area contributed by atoms with Crippen molar-refractivity contribution in [1.82, 2.24) is 4.98 Å². The highest BCUT2D eigenvalue weighted by atomic mass is 16.6. The molecule has 1 aromatic carbocycles. The fraction of sp³-hybridized carbons (Fsp3) is 0.600. The first-order valence-electron chi connectivity index (χ1n) is 13.6. The van der Waals surface area contributed by atoms with Crippen LogP contribution >= 0.6 is 0 Å². The van der Waals surface area contributed by atoms with Crippen molar-refractivity contribution in [2.75, 3.05) is 31.2 Å². The van der Waals surface area contributed by atoms with E-state index in [1.807, 2.05) is 32.9 Å². The lowest BCUT2D eigenvalue weighted by atomic mass is 9.93. The van der Waals surface area contributed by atoms with Gasteiger partial charge in [-0.05, 0) is 76.1 Å². The maximum atomic E-state index is 12.2. The van der Waals surface area contributed by atoms with Gasteiger partial charge in [-0.2, -0.15) is 4.98 Å². The average Bonchev–Trinajstić information content (AvgIpc) is 2.84. The van der Waals surface area contributed by atoms with Crippen molar-refractivity contribution in [3.8, 4) is 22.9 Å². The molecule has 6 heteroatoms. The summed E-state index contributed by atoms with van der Waals surface area (Å²) >= 11 is 0. The third kappa shape index (κ3) is 8.72. The van der Waals surface area contributed by atoms with E-state index in [1.165, 1.54) is 5.69 Å². The zero-order valence-corrected chi connectivity index (χ0v) is 22.8. The van der Waals surface area contributed by atoms with Crippen LogP contribution in [0.4, 0.5) is 5.69 Å². The molecule has 0 radical (unpaired) electrons. The molecule has 36 heavy (non-hydrogen) atoms. The number of pyridine rings is 1. The molecule has 2 aromatic rings. The number of esters is 1. The van der Waals surface area contributed by atoms with E-state index in [4.69, 9.17) is 14.2 Å². The average molecular weight is 497 g/mol. The number of carbonyl (C=O) groups is 1. The largest absolute Gasteiger partial charge is 0.478 e. The number of piperidine rings is 1. The van der Waals surface area contributed by atoms with Gasteiger partial charge in [0.1, 0.15) is 5.60 Å². The predicted octanol–water partition coefficient (Wildman–Crippen LogP) is 7.05. The van der Waals surface area contributed by atoms with Gasteiger partial charge in [0.25, 0.3) is 0 Å². The molecule has 0 N–H and O–H groups in total. The number of carbonyl (C=O) groups excluding carboxylic acids is 1. The minimum Gasteiger partial charge on any atom is -0.478 e. The quantitative estimate of drug-likeness (QED) is 0.232. The van der Waals surface area contributed by atoms with Gasteiger partial charge in [0.05, 0.1) is 13.2 Å². The van der Waals surface area contributed by atoms with Crippen LogP contribution in [-0.2, 0) is 9.53 Å². The van der Waals surface area contributed by atoms with E-state index in [-0.39, 0.29) is 5.97 Å². The Hall–Kier alpha value is -2.76. The van der Waals surface area contributed by atoms with Crippen LogP contribution in [0.15, 0.2) is 36.4 Å². The first-order chi connectivity index (χ1) is 17.3. The Morgan fingerprint density at radius 3 is 2.19 bits per heavy atom. The Bertz CT molecular complexity index is 944. The molecule has 6 nitrogen and oxygen atoms in total. The molecule has 1 aliphatic rings. The summed E-state index contributed by atoms with van der Waals surface area (Å²) in [6.45, 7) is 13.3. The minimum absolute atomic E-state index is 0.0855. The molecule has 0 saturated carbocycles. The number of hydrogen-bond donors (Lipinski definition) is 0. The molecule has 0 atom stereocenters. The minimum atomic E-state index is -0.418. The van der Waals surface area contributed by atoms with E-state index in [0.29, 0.717) is 37.3 Å². The standard InChI is InChI=1S/C30H44N2O4/c1-6-8-20-34-27-15-14-26(29(31-27)35-21-9-7-2)24-10-12-25(13-11-24)32-18-16-23(17-19-32)22-28(33)36-30(3,4)5/h10-15,23H,6-9,16-22H2,1-5H3. The monoisotopic (exact) mass is 496 g/mol. The third-order valence-corrected chi connectivity index (χ3v) is 6.35. The van der Waals surface area contributed by atoms with Crippen LogP contribution in [0.1, 0.15) is 79.6 Å². The summed E-state index contributed by atoms with van der Waals surface area (Å²) in [6.07, 6.45) is 6.67. The van der Waals surface area contributed by atoms with Crippen molar-refractivity contribution in [1.29, 1.82) is 0 Å². The summed E-state index contributed by atoms with van der Waals surface area (Å²) in [7, 11) is 0. The highest BCUT2D eigenvalue weighted by Crippen LogP contribution is 2.33. The van der Waals surface area contributed by atoms with E-state index in [2.05, 4.69) is 48.0 Å². The topological polar surface area (TPSA) is 60.9 Å². The zero-order valence-electron chi connectivity index (χ0n) is 22.8. The molecule has 1 aromatic heterocycles. The molecule has 198 valence electrons. The summed E-state index contributed by atoms with van der Waals surface area (Å²) in [5, 5.41) is 0. The maximum Gasteiger partial charge on any atom is 0.306 e. The number of benzene rings is 1. The molecule has 0 unspecified atom stereocenters. The number of aromatic nitrogens is 1. The zero-order chi connectivity index (χ0) is 26.0. The van der Waals surface area contributed by atoms with Crippen LogP contribution in [0.25, 0.3) is 11.1 Å². The van der Waals surface area contributed by atoms with Gasteiger partial charge in [-0.1, -0.05) is 38.8 Å². The van der Waals surface area contributed by atoms with Crippen molar-refractivity contribution in [2.24, 2.45) is 5.92 Å². The molecule has 2 heterocycles. The van der Waals surface area contributed by atoms with Crippen LogP contribution in [0, 0.1) is 5.92 Å². The highest BCUT2D eigenvalue weighted by molar-refractivity contribution is 5.71. The van der Waals surface area contributed by atoms with Gasteiger partial charge in [-0.3, -0.25) is 4.79 Å². The Morgan fingerprint density at radius 1 is 0.944 bits per heavy atom. The van der Waals surface area contributed by atoms with Crippen molar-refractivity contribution < 1.29 is 19.0 Å². The van der Waals surface area contributed by atoms with Gasteiger partial charge in [0, 0.05) is 36.8 Å². The number of ether oxygens (including phenoxy) is 3. The van der Waals surface area contributed by atoms with Gasteiger partial charge in [0.15, 0.2) is 0 Å². The second-order valence-corrected chi connectivity index (χ2v) is 10.7. The molecule has 3 rings (SSSR count). The molecule has 0 spiro atoms. The van der Waals surface area contributed by atoms with E-state index in [1.54, 1.807) is 0 Å². The highest BCUT2D eigenvalue weighted by Gasteiger charge is 2.24. The number of hydrogen-bond acceptors (Lipinski definition) is 6. The van der Waals surface area contributed by atoms with Gasteiger partial charge in [-0.15, -0.1) is 0 Å². The van der Waals surface area contributed by atoms with Crippen molar-refractivity contribution >= 4 is 11.7 Å². The van der Waals surface area contributed by atoms with Crippen LogP contribution in [0.5, 0.6) is 11.8 Å². The lowest BCUT2D eigenvalue weighted by Crippen LogP contribution is -2.35. The van der Waals surface area contributed by atoms with Crippen molar-refractivity contribution in [3.63, 3.8) is 0 Å². The smallest absolute Gasteiger partial charge is 0.306 e. The molecule has 0 amide bonds. The molecular formula is C30H44N2O4. The summed E-state index contributed by atoms with van der Waals surface area (Å²) in [6, 6.07) is 12.6. The Labute approximate surface area is 217 Å². The van der Waals surface area contributed by atoms with Gasteiger partial charge >= 0.3 is 5.97 Å². The van der Waals surface area contributed by atoms with E-state index in [0.717, 1.165) is 62.7 Å².